The van der Waals surface area contributed by atoms with Gasteiger partial charge in [-0.2, -0.15) is 0 Å². The van der Waals surface area contributed by atoms with Crippen LogP contribution in [0.1, 0.15) is 18.4 Å². The standard InChI is InChI=1S/C14H20ClNO2S/c1-11-10-12(6-7-13(11)15)18-8-4-5-9-19-14(17)16(2)3/h6-7,10H,4-5,8-9H2,1-3H3. The van der Waals surface area contributed by atoms with Crippen LogP contribution in [0.5, 0.6) is 5.75 Å². The third-order valence-corrected chi connectivity index (χ3v) is 4.06. The summed E-state index contributed by atoms with van der Waals surface area (Å²) in [6.45, 7) is 2.62. The van der Waals surface area contributed by atoms with E-state index >= 15 is 0 Å². The van der Waals surface area contributed by atoms with Crippen LogP contribution in [0.15, 0.2) is 18.2 Å². The first-order valence-corrected chi connectivity index (χ1v) is 7.60. The van der Waals surface area contributed by atoms with Crippen LogP contribution in [0, 0.1) is 6.92 Å². The monoisotopic (exact) mass is 301 g/mol. The number of amides is 1. The summed E-state index contributed by atoms with van der Waals surface area (Å²) < 4.78 is 5.63. The fourth-order valence-corrected chi connectivity index (χ4v) is 2.29. The highest BCUT2D eigenvalue weighted by atomic mass is 35.5. The number of ether oxygens (including phenoxy) is 1. The molecule has 5 heteroatoms. The molecule has 1 amide bonds. The molecule has 19 heavy (non-hydrogen) atoms. The first-order valence-electron chi connectivity index (χ1n) is 6.23. The highest BCUT2D eigenvalue weighted by molar-refractivity contribution is 8.13. The molecule has 0 saturated carbocycles. The van der Waals surface area contributed by atoms with E-state index in [-0.39, 0.29) is 5.24 Å². The number of unbranched alkanes of at least 4 members (excludes halogenated alkanes) is 1. The lowest BCUT2D eigenvalue weighted by atomic mass is 10.2. The molecule has 0 aliphatic carbocycles. The Morgan fingerprint density at radius 1 is 1.37 bits per heavy atom. The van der Waals surface area contributed by atoms with Gasteiger partial charge in [-0.15, -0.1) is 0 Å². The van der Waals surface area contributed by atoms with Crippen molar-refractivity contribution in [2.45, 2.75) is 19.8 Å². The fourth-order valence-electron chi connectivity index (χ4n) is 1.39. The Balaban J connectivity index is 2.14. The van der Waals surface area contributed by atoms with Crippen LogP contribution in [-0.2, 0) is 0 Å². The number of carbonyl (C=O) groups is 1. The van der Waals surface area contributed by atoms with Crippen molar-refractivity contribution in [3.05, 3.63) is 28.8 Å². The van der Waals surface area contributed by atoms with Crippen molar-refractivity contribution in [3.8, 4) is 5.75 Å². The van der Waals surface area contributed by atoms with Gasteiger partial charge in [0.1, 0.15) is 5.75 Å². The molecule has 106 valence electrons. The van der Waals surface area contributed by atoms with Crippen LogP contribution in [0.3, 0.4) is 0 Å². The van der Waals surface area contributed by atoms with E-state index in [1.54, 1.807) is 19.0 Å². The first-order chi connectivity index (χ1) is 9.00. The zero-order valence-corrected chi connectivity index (χ0v) is 13.2. The molecule has 1 aromatic carbocycles. The van der Waals surface area contributed by atoms with Crippen molar-refractivity contribution in [2.24, 2.45) is 0 Å². The van der Waals surface area contributed by atoms with Gasteiger partial charge in [-0.1, -0.05) is 23.4 Å². The molecule has 1 aromatic rings. The Morgan fingerprint density at radius 3 is 2.74 bits per heavy atom. The molecule has 0 aromatic heterocycles. The Labute approximate surface area is 124 Å². The summed E-state index contributed by atoms with van der Waals surface area (Å²) in [5.74, 6) is 1.68. The number of thioether (sulfide) groups is 1. The predicted octanol–water partition coefficient (Wildman–Crippen LogP) is 4.22. The van der Waals surface area contributed by atoms with Crippen LogP contribution in [0.25, 0.3) is 0 Å². The maximum atomic E-state index is 11.3. The Kier molecular flexibility index (Phi) is 7.10. The van der Waals surface area contributed by atoms with E-state index in [0.29, 0.717) is 6.61 Å². The van der Waals surface area contributed by atoms with Crippen molar-refractivity contribution in [1.29, 1.82) is 0 Å². The van der Waals surface area contributed by atoms with Crippen molar-refractivity contribution >= 4 is 28.6 Å². The molecule has 0 N–H and O–H groups in total. The minimum absolute atomic E-state index is 0.106. The fraction of sp³-hybridized carbons (Fsp3) is 0.500. The number of rotatable bonds is 6. The highest BCUT2D eigenvalue weighted by Gasteiger charge is 2.03. The summed E-state index contributed by atoms with van der Waals surface area (Å²) in [6, 6.07) is 5.66. The first kappa shape index (κ1) is 16.2. The molecule has 1 rings (SSSR count). The lowest BCUT2D eigenvalue weighted by Crippen LogP contribution is -2.16. The maximum Gasteiger partial charge on any atom is 0.281 e. The molecule has 0 aliphatic rings. The third-order valence-electron chi connectivity index (χ3n) is 2.53. The molecule has 0 fully saturated rings. The molecular weight excluding hydrogens is 282 g/mol. The topological polar surface area (TPSA) is 29.5 Å². The smallest absolute Gasteiger partial charge is 0.281 e. The normalized spacial score (nSPS) is 10.3. The second kappa shape index (κ2) is 8.33. The summed E-state index contributed by atoms with van der Waals surface area (Å²) in [6.07, 6.45) is 1.91. The van der Waals surface area contributed by atoms with Crippen LogP contribution in [0.2, 0.25) is 5.02 Å². The third kappa shape index (κ3) is 6.21. The van der Waals surface area contributed by atoms with Crippen molar-refractivity contribution in [3.63, 3.8) is 0 Å². The summed E-state index contributed by atoms with van der Waals surface area (Å²) in [7, 11) is 3.53. The number of hydrogen-bond donors (Lipinski definition) is 0. The van der Waals surface area contributed by atoms with Crippen molar-refractivity contribution in [2.75, 3.05) is 26.5 Å². The number of halogens is 1. The minimum Gasteiger partial charge on any atom is -0.494 e. The van der Waals surface area contributed by atoms with Gasteiger partial charge in [0.2, 0.25) is 0 Å². The molecule has 0 aliphatic heterocycles. The van der Waals surface area contributed by atoms with Gasteiger partial charge in [-0.3, -0.25) is 4.79 Å². The van der Waals surface area contributed by atoms with Crippen molar-refractivity contribution < 1.29 is 9.53 Å². The van der Waals surface area contributed by atoms with Crippen LogP contribution >= 0.6 is 23.4 Å². The van der Waals surface area contributed by atoms with E-state index in [9.17, 15) is 4.79 Å². The van der Waals surface area contributed by atoms with Gasteiger partial charge in [-0.05, 0) is 43.5 Å². The number of nitrogens with zero attached hydrogens (tertiary/aromatic N) is 1. The number of hydrogen-bond acceptors (Lipinski definition) is 3. The molecular formula is C14H20ClNO2S. The molecule has 0 bridgehead atoms. The van der Waals surface area contributed by atoms with Gasteiger partial charge < -0.3 is 9.64 Å². The number of carbonyl (C=O) groups excluding carboxylic acids is 1. The zero-order valence-electron chi connectivity index (χ0n) is 11.6. The largest absolute Gasteiger partial charge is 0.494 e. The van der Waals surface area contributed by atoms with Gasteiger partial charge in [0.15, 0.2) is 0 Å². The van der Waals surface area contributed by atoms with Gasteiger partial charge in [0.05, 0.1) is 6.61 Å². The van der Waals surface area contributed by atoms with E-state index in [1.165, 1.54) is 11.8 Å². The summed E-state index contributed by atoms with van der Waals surface area (Å²) in [5.41, 5.74) is 1.02. The summed E-state index contributed by atoms with van der Waals surface area (Å²) >= 11 is 7.29. The Morgan fingerprint density at radius 2 is 2.11 bits per heavy atom. The quantitative estimate of drug-likeness (QED) is 0.737. The number of benzene rings is 1. The average Bonchev–Trinajstić information content (AvgIpc) is 2.37. The van der Waals surface area contributed by atoms with Gasteiger partial charge in [0.25, 0.3) is 5.24 Å². The average molecular weight is 302 g/mol. The van der Waals surface area contributed by atoms with Gasteiger partial charge >= 0.3 is 0 Å². The summed E-state index contributed by atoms with van der Waals surface area (Å²) in [4.78, 5) is 12.9. The number of aryl methyl sites for hydroxylation is 1. The Hall–Kier alpha value is -0.870. The van der Waals surface area contributed by atoms with Crippen LogP contribution in [0.4, 0.5) is 4.79 Å². The lowest BCUT2D eigenvalue weighted by molar-refractivity contribution is 0.241. The van der Waals surface area contributed by atoms with E-state index in [2.05, 4.69) is 0 Å². The predicted molar refractivity (Wildman–Crippen MR) is 82.5 cm³/mol. The zero-order chi connectivity index (χ0) is 14.3. The lowest BCUT2D eigenvalue weighted by Gasteiger charge is -2.09. The van der Waals surface area contributed by atoms with Crippen LogP contribution in [-0.4, -0.2) is 36.6 Å². The maximum absolute atomic E-state index is 11.3. The molecule has 0 unspecified atom stereocenters. The van der Waals surface area contributed by atoms with Gasteiger partial charge in [0, 0.05) is 24.9 Å². The summed E-state index contributed by atoms with van der Waals surface area (Å²) in [5, 5.41) is 0.861. The molecule has 0 saturated heterocycles. The molecule has 0 radical (unpaired) electrons. The molecule has 3 nitrogen and oxygen atoms in total. The van der Waals surface area contributed by atoms with Gasteiger partial charge in [-0.25, -0.2) is 0 Å². The molecule has 0 atom stereocenters. The van der Waals surface area contributed by atoms with E-state index < -0.39 is 0 Å². The molecule has 0 heterocycles. The second-order valence-electron chi connectivity index (χ2n) is 4.48. The minimum atomic E-state index is 0.106. The van der Waals surface area contributed by atoms with E-state index in [1.807, 2.05) is 25.1 Å². The SMILES string of the molecule is Cc1cc(OCCCCSC(=O)N(C)C)ccc1Cl. The van der Waals surface area contributed by atoms with Crippen molar-refractivity contribution in [1.82, 2.24) is 4.90 Å². The second-order valence-corrected chi connectivity index (χ2v) is 5.93. The van der Waals surface area contributed by atoms with E-state index in [0.717, 1.165) is 34.9 Å². The Bertz CT molecular complexity index is 424. The van der Waals surface area contributed by atoms with E-state index in [4.69, 9.17) is 16.3 Å². The molecule has 0 spiro atoms. The van der Waals surface area contributed by atoms with Crippen LogP contribution < -0.4 is 4.74 Å². The highest BCUT2D eigenvalue weighted by Crippen LogP contribution is 2.21.